The van der Waals surface area contributed by atoms with E-state index in [0.29, 0.717) is 0 Å². The molecule has 1 heterocycles. The lowest BCUT2D eigenvalue weighted by atomic mass is 10.2. The van der Waals surface area contributed by atoms with E-state index in [1.165, 1.54) is 0 Å². The van der Waals surface area contributed by atoms with Gasteiger partial charge in [0.1, 0.15) is 5.69 Å². The zero-order chi connectivity index (χ0) is 13.1. The van der Waals surface area contributed by atoms with Gasteiger partial charge in [0.05, 0.1) is 17.8 Å². The molecule has 6 heteroatoms. The fourth-order valence-electron chi connectivity index (χ4n) is 1.54. The molecular formula is C12H10F2N4. The molecule has 0 aliphatic heterocycles. The van der Waals surface area contributed by atoms with Gasteiger partial charge in [-0.15, -0.1) is 0 Å². The van der Waals surface area contributed by atoms with Gasteiger partial charge in [0.15, 0.2) is 11.6 Å². The predicted molar refractivity (Wildman–Crippen MR) is 61.7 cm³/mol. The van der Waals surface area contributed by atoms with Crippen molar-refractivity contribution in [2.45, 2.75) is 13.5 Å². The highest BCUT2D eigenvalue weighted by atomic mass is 19.1. The second-order valence-electron chi connectivity index (χ2n) is 3.80. The number of aromatic nitrogens is 2. The van der Waals surface area contributed by atoms with E-state index >= 15 is 0 Å². The first-order chi connectivity index (χ1) is 8.61. The monoisotopic (exact) mass is 248 g/mol. The minimum atomic E-state index is -0.785. The number of hydrogen-bond donors (Lipinski definition) is 2. The summed E-state index contributed by atoms with van der Waals surface area (Å²) in [6, 6.07) is 3.68. The van der Waals surface area contributed by atoms with Gasteiger partial charge in [-0.05, 0) is 19.1 Å². The van der Waals surface area contributed by atoms with Crippen molar-refractivity contribution < 1.29 is 8.78 Å². The Morgan fingerprint density at radius 2 is 2.06 bits per heavy atom. The van der Waals surface area contributed by atoms with Crippen LogP contribution in [0, 0.1) is 29.9 Å². The average Bonchev–Trinajstić information content (AvgIpc) is 2.73. The van der Waals surface area contributed by atoms with Gasteiger partial charge in [-0.1, -0.05) is 0 Å². The topological polar surface area (TPSA) is 64.5 Å². The normalized spacial score (nSPS) is 10.1. The molecule has 0 fully saturated rings. The number of nitrogens with one attached hydrogen (secondary N) is 2. The van der Waals surface area contributed by atoms with E-state index in [9.17, 15) is 8.78 Å². The highest BCUT2D eigenvalue weighted by Crippen LogP contribution is 2.21. The van der Waals surface area contributed by atoms with Gasteiger partial charge in [-0.25, -0.2) is 8.78 Å². The molecule has 2 aromatic rings. The molecule has 18 heavy (non-hydrogen) atoms. The van der Waals surface area contributed by atoms with E-state index in [1.807, 2.05) is 6.92 Å². The number of nitriles is 1. The van der Waals surface area contributed by atoms with Gasteiger partial charge < -0.3 is 5.32 Å². The highest BCUT2D eigenvalue weighted by molar-refractivity contribution is 5.50. The Morgan fingerprint density at radius 1 is 1.39 bits per heavy atom. The number of nitrogens with zero attached hydrogens (tertiary/aromatic N) is 2. The van der Waals surface area contributed by atoms with Gasteiger partial charge in [0, 0.05) is 17.8 Å². The Balaban J connectivity index is 2.20. The van der Waals surface area contributed by atoms with E-state index < -0.39 is 11.6 Å². The third-order valence-electron chi connectivity index (χ3n) is 2.56. The van der Waals surface area contributed by atoms with E-state index in [2.05, 4.69) is 15.5 Å². The molecule has 0 aliphatic rings. The lowest BCUT2D eigenvalue weighted by molar-refractivity contribution is 0.587. The molecule has 1 aromatic heterocycles. The van der Waals surface area contributed by atoms with Gasteiger partial charge in [-0.3, -0.25) is 5.10 Å². The van der Waals surface area contributed by atoms with E-state index in [1.54, 1.807) is 12.3 Å². The smallest absolute Gasteiger partial charge is 0.150 e. The molecule has 0 unspecified atom stereocenters. The zero-order valence-electron chi connectivity index (χ0n) is 9.59. The molecule has 0 spiro atoms. The molecule has 0 bridgehead atoms. The molecule has 2 N–H and O–H groups in total. The SMILES string of the molecule is Cc1[nH]ncc1CNc1c(F)cc(C#N)cc1F. The quantitative estimate of drug-likeness (QED) is 0.877. The standard InChI is InChI=1S/C12H10F2N4/c1-7-9(6-17-18-7)5-16-12-10(13)2-8(4-15)3-11(12)14/h2-3,6,16H,5H2,1H3,(H,17,18). The number of halogens is 2. The fraction of sp³-hybridized carbons (Fsp3) is 0.167. The second kappa shape index (κ2) is 4.84. The Kier molecular flexibility index (Phi) is 3.24. The van der Waals surface area contributed by atoms with Crippen LogP contribution in [0.1, 0.15) is 16.8 Å². The summed E-state index contributed by atoms with van der Waals surface area (Å²) in [6.45, 7) is 2.07. The van der Waals surface area contributed by atoms with Gasteiger partial charge >= 0.3 is 0 Å². The summed E-state index contributed by atoms with van der Waals surface area (Å²) in [7, 11) is 0. The number of rotatable bonds is 3. The average molecular weight is 248 g/mol. The number of anilines is 1. The van der Waals surface area contributed by atoms with Crippen LogP contribution in [0.5, 0.6) is 0 Å². The Morgan fingerprint density at radius 3 is 2.56 bits per heavy atom. The summed E-state index contributed by atoms with van der Waals surface area (Å²) in [4.78, 5) is 0. The lowest BCUT2D eigenvalue weighted by Gasteiger charge is -2.08. The van der Waals surface area contributed by atoms with Crippen LogP contribution in [0.4, 0.5) is 14.5 Å². The Hall–Kier alpha value is -2.42. The van der Waals surface area contributed by atoms with Crippen LogP contribution in [0.15, 0.2) is 18.3 Å². The summed E-state index contributed by atoms with van der Waals surface area (Å²) in [5, 5.41) is 17.8. The third-order valence-corrected chi connectivity index (χ3v) is 2.56. The van der Waals surface area contributed by atoms with Crippen molar-refractivity contribution in [1.29, 1.82) is 5.26 Å². The van der Waals surface area contributed by atoms with Crippen LogP contribution in [0.3, 0.4) is 0 Å². The van der Waals surface area contributed by atoms with Crippen molar-refractivity contribution in [2.24, 2.45) is 0 Å². The molecule has 0 radical (unpaired) electrons. The maximum atomic E-state index is 13.6. The molecule has 92 valence electrons. The minimum Gasteiger partial charge on any atom is -0.376 e. The van der Waals surface area contributed by atoms with Crippen LogP contribution >= 0.6 is 0 Å². The molecule has 0 atom stereocenters. The summed E-state index contributed by atoms with van der Waals surface area (Å²) in [6.07, 6.45) is 1.59. The molecule has 0 aliphatic carbocycles. The summed E-state index contributed by atoms with van der Waals surface area (Å²) in [5.74, 6) is -1.57. The van der Waals surface area contributed by atoms with Crippen molar-refractivity contribution >= 4 is 5.69 Å². The molecule has 0 saturated heterocycles. The second-order valence-corrected chi connectivity index (χ2v) is 3.80. The number of hydrogen-bond acceptors (Lipinski definition) is 3. The molecule has 4 nitrogen and oxygen atoms in total. The molecule has 1 aromatic carbocycles. The van der Waals surface area contributed by atoms with E-state index in [4.69, 9.17) is 5.26 Å². The summed E-state index contributed by atoms with van der Waals surface area (Å²) in [5.41, 5.74) is 1.36. The summed E-state index contributed by atoms with van der Waals surface area (Å²) < 4.78 is 27.1. The fourth-order valence-corrected chi connectivity index (χ4v) is 1.54. The molecule has 0 saturated carbocycles. The van der Waals surface area contributed by atoms with Crippen molar-refractivity contribution in [3.05, 3.63) is 46.8 Å². The lowest BCUT2D eigenvalue weighted by Crippen LogP contribution is -2.04. The first-order valence-corrected chi connectivity index (χ1v) is 5.23. The maximum Gasteiger partial charge on any atom is 0.150 e. The van der Waals surface area contributed by atoms with E-state index in [-0.39, 0.29) is 17.8 Å². The van der Waals surface area contributed by atoms with Crippen LogP contribution < -0.4 is 5.32 Å². The van der Waals surface area contributed by atoms with Crippen molar-refractivity contribution in [3.63, 3.8) is 0 Å². The van der Waals surface area contributed by atoms with Gasteiger partial charge in [-0.2, -0.15) is 10.4 Å². The van der Waals surface area contributed by atoms with Crippen molar-refractivity contribution in [2.75, 3.05) is 5.32 Å². The van der Waals surface area contributed by atoms with Crippen LogP contribution in [-0.2, 0) is 6.54 Å². The van der Waals surface area contributed by atoms with Crippen LogP contribution in [0.2, 0.25) is 0 Å². The van der Waals surface area contributed by atoms with Crippen LogP contribution in [-0.4, -0.2) is 10.2 Å². The third kappa shape index (κ3) is 2.30. The first-order valence-electron chi connectivity index (χ1n) is 5.23. The highest BCUT2D eigenvalue weighted by Gasteiger charge is 2.11. The Bertz CT molecular complexity index is 590. The predicted octanol–water partition coefficient (Wildman–Crippen LogP) is 2.48. The molecular weight excluding hydrogens is 238 g/mol. The molecule has 0 amide bonds. The Labute approximate surface area is 102 Å². The number of H-pyrrole nitrogens is 1. The maximum absolute atomic E-state index is 13.6. The van der Waals surface area contributed by atoms with E-state index in [0.717, 1.165) is 23.4 Å². The van der Waals surface area contributed by atoms with Gasteiger partial charge in [0.2, 0.25) is 0 Å². The van der Waals surface area contributed by atoms with Gasteiger partial charge in [0.25, 0.3) is 0 Å². The van der Waals surface area contributed by atoms with Crippen molar-refractivity contribution in [1.82, 2.24) is 10.2 Å². The number of aryl methyl sites for hydroxylation is 1. The first kappa shape index (κ1) is 12.0. The van der Waals surface area contributed by atoms with Crippen LogP contribution in [0.25, 0.3) is 0 Å². The largest absolute Gasteiger partial charge is 0.376 e. The summed E-state index contributed by atoms with van der Waals surface area (Å²) >= 11 is 0. The zero-order valence-corrected chi connectivity index (χ0v) is 9.59. The number of benzene rings is 1. The minimum absolute atomic E-state index is 0.0463. The molecule has 2 rings (SSSR count). The van der Waals surface area contributed by atoms with Crippen molar-refractivity contribution in [3.8, 4) is 6.07 Å². The number of aromatic amines is 1.